The number of nitrogens with zero attached hydrogens (tertiary/aromatic N) is 2. The quantitative estimate of drug-likeness (QED) is 0.179. The van der Waals surface area contributed by atoms with Crippen LogP contribution in [0.25, 0.3) is 110 Å². The lowest BCUT2D eigenvalue weighted by Gasteiger charge is -2.13. The molecule has 0 amide bonds. The third-order valence-corrected chi connectivity index (χ3v) is 10.4. The van der Waals surface area contributed by atoms with Gasteiger partial charge in [-0.1, -0.05) is 127 Å². The van der Waals surface area contributed by atoms with Gasteiger partial charge in [-0.3, -0.25) is 0 Å². The standard InChI is InChI=1S/C48H28N2O/c1-2-9-31(10-3-1)47-48(35-20-25-45-41(27-35)39-12-6-7-13-44(39)51-45)49-42-24-19-33(28-43(42)50-47)32-18-21-37-34(26-32)15-14-30-17-22-38-36-11-5-4-8-29(36)16-23-40(38)46(30)37/h1-28H. The lowest BCUT2D eigenvalue weighted by molar-refractivity contribution is 0.669. The summed E-state index contributed by atoms with van der Waals surface area (Å²) in [5.41, 5.74) is 9.48. The normalized spacial score (nSPS) is 11.9. The molecular weight excluding hydrogens is 621 g/mol. The van der Waals surface area contributed by atoms with Crippen LogP contribution in [0.15, 0.2) is 174 Å². The molecule has 11 rings (SSSR count). The maximum atomic E-state index is 6.13. The molecule has 0 radical (unpaired) electrons. The molecule has 0 spiro atoms. The smallest absolute Gasteiger partial charge is 0.135 e. The van der Waals surface area contributed by atoms with Crippen molar-refractivity contribution in [3.63, 3.8) is 0 Å². The van der Waals surface area contributed by atoms with E-state index in [0.29, 0.717) is 0 Å². The Bertz CT molecular complexity index is 3190. The van der Waals surface area contributed by atoms with Crippen molar-refractivity contribution < 1.29 is 4.42 Å². The minimum atomic E-state index is 0.853. The van der Waals surface area contributed by atoms with Crippen LogP contribution >= 0.6 is 0 Å². The highest BCUT2D eigenvalue weighted by Gasteiger charge is 2.17. The Morgan fingerprint density at radius 1 is 0.314 bits per heavy atom. The highest BCUT2D eigenvalue weighted by atomic mass is 16.3. The van der Waals surface area contributed by atoms with Crippen LogP contribution in [-0.2, 0) is 0 Å². The largest absolute Gasteiger partial charge is 0.456 e. The van der Waals surface area contributed by atoms with E-state index in [1.165, 1.54) is 43.1 Å². The zero-order chi connectivity index (χ0) is 33.5. The Balaban J connectivity index is 1.07. The number of para-hydroxylation sites is 1. The molecular formula is C48H28N2O. The van der Waals surface area contributed by atoms with Crippen molar-refractivity contribution in [2.75, 3.05) is 0 Å². The van der Waals surface area contributed by atoms with Gasteiger partial charge in [0.05, 0.1) is 22.4 Å². The lowest BCUT2D eigenvalue weighted by atomic mass is 9.92. The second-order valence-electron chi connectivity index (χ2n) is 13.3. The molecule has 9 aromatic carbocycles. The van der Waals surface area contributed by atoms with E-state index < -0.39 is 0 Å². The van der Waals surface area contributed by atoms with E-state index >= 15 is 0 Å². The van der Waals surface area contributed by atoms with Crippen molar-refractivity contribution in [2.24, 2.45) is 0 Å². The molecule has 0 saturated heterocycles. The van der Waals surface area contributed by atoms with Gasteiger partial charge in [0, 0.05) is 21.9 Å². The van der Waals surface area contributed by atoms with Crippen molar-refractivity contribution in [3.05, 3.63) is 170 Å². The van der Waals surface area contributed by atoms with Gasteiger partial charge in [-0.15, -0.1) is 0 Å². The van der Waals surface area contributed by atoms with Crippen molar-refractivity contribution in [2.45, 2.75) is 0 Å². The molecule has 236 valence electrons. The van der Waals surface area contributed by atoms with Gasteiger partial charge < -0.3 is 4.42 Å². The van der Waals surface area contributed by atoms with Gasteiger partial charge in [0.15, 0.2) is 0 Å². The van der Waals surface area contributed by atoms with Crippen LogP contribution in [0.1, 0.15) is 0 Å². The molecule has 11 aromatic rings. The van der Waals surface area contributed by atoms with Gasteiger partial charge in [0.2, 0.25) is 0 Å². The van der Waals surface area contributed by atoms with Crippen molar-refractivity contribution in [1.82, 2.24) is 9.97 Å². The molecule has 0 aliphatic carbocycles. The fourth-order valence-electron chi connectivity index (χ4n) is 7.94. The van der Waals surface area contributed by atoms with Crippen LogP contribution < -0.4 is 0 Å². The van der Waals surface area contributed by atoms with Crippen LogP contribution in [0.2, 0.25) is 0 Å². The molecule has 0 aliphatic rings. The Morgan fingerprint density at radius 2 is 0.961 bits per heavy atom. The Morgan fingerprint density at radius 3 is 1.90 bits per heavy atom. The molecule has 0 aliphatic heterocycles. The summed E-state index contributed by atoms with van der Waals surface area (Å²) in [6, 6.07) is 60.3. The van der Waals surface area contributed by atoms with Crippen LogP contribution in [0.3, 0.4) is 0 Å². The van der Waals surface area contributed by atoms with E-state index in [2.05, 4.69) is 140 Å². The summed E-state index contributed by atoms with van der Waals surface area (Å²) in [5.74, 6) is 0. The summed E-state index contributed by atoms with van der Waals surface area (Å²) in [7, 11) is 0. The fraction of sp³-hybridized carbons (Fsp3) is 0. The van der Waals surface area contributed by atoms with Crippen LogP contribution in [0.5, 0.6) is 0 Å². The number of aromatic nitrogens is 2. The summed E-state index contributed by atoms with van der Waals surface area (Å²) in [5, 5.41) is 12.3. The van der Waals surface area contributed by atoms with E-state index in [1.54, 1.807) is 0 Å². The van der Waals surface area contributed by atoms with Crippen molar-refractivity contribution >= 4 is 76.1 Å². The minimum absolute atomic E-state index is 0.853. The average Bonchev–Trinajstić information content (AvgIpc) is 3.58. The SMILES string of the molecule is c1ccc(-c2nc3cc(-c4ccc5c(ccc6ccc7c8ccccc8ccc7c65)c4)ccc3nc2-c2ccc3oc4ccccc4c3c2)cc1. The first-order chi connectivity index (χ1) is 25.2. The average molecular weight is 649 g/mol. The van der Waals surface area contributed by atoms with E-state index in [4.69, 9.17) is 14.4 Å². The minimum Gasteiger partial charge on any atom is -0.456 e. The molecule has 0 atom stereocenters. The summed E-state index contributed by atoms with van der Waals surface area (Å²) >= 11 is 0. The number of hydrogen-bond acceptors (Lipinski definition) is 3. The summed E-state index contributed by atoms with van der Waals surface area (Å²) < 4.78 is 6.13. The third-order valence-electron chi connectivity index (χ3n) is 10.4. The molecule has 3 nitrogen and oxygen atoms in total. The van der Waals surface area contributed by atoms with Gasteiger partial charge >= 0.3 is 0 Å². The van der Waals surface area contributed by atoms with E-state index in [0.717, 1.165) is 66.6 Å². The Hall–Kier alpha value is -6.84. The second-order valence-corrected chi connectivity index (χ2v) is 13.3. The second kappa shape index (κ2) is 10.8. The van der Waals surface area contributed by atoms with Gasteiger partial charge in [-0.2, -0.15) is 0 Å². The number of benzene rings is 9. The zero-order valence-corrected chi connectivity index (χ0v) is 27.5. The zero-order valence-electron chi connectivity index (χ0n) is 27.5. The molecule has 0 unspecified atom stereocenters. The van der Waals surface area contributed by atoms with E-state index in [1.807, 2.05) is 30.3 Å². The predicted octanol–water partition coefficient (Wildman–Crippen LogP) is 13.1. The van der Waals surface area contributed by atoms with Crippen molar-refractivity contribution in [3.8, 4) is 33.6 Å². The molecule has 0 N–H and O–H groups in total. The predicted molar refractivity (Wildman–Crippen MR) is 213 cm³/mol. The van der Waals surface area contributed by atoms with Gasteiger partial charge in [-0.25, -0.2) is 9.97 Å². The number of fused-ring (bicyclic) bond motifs is 11. The number of furan rings is 1. The topological polar surface area (TPSA) is 38.9 Å². The Kier molecular flexibility index (Phi) is 5.96. The highest BCUT2D eigenvalue weighted by molar-refractivity contribution is 6.24. The lowest BCUT2D eigenvalue weighted by Crippen LogP contribution is -1.96. The molecule has 2 heterocycles. The highest BCUT2D eigenvalue weighted by Crippen LogP contribution is 2.39. The summed E-state index contributed by atoms with van der Waals surface area (Å²) in [4.78, 5) is 10.6. The molecule has 0 fully saturated rings. The van der Waals surface area contributed by atoms with E-state index in [-0.39, 0.29) is 0 Å². The third kappa shape index (κ3) is 4.38. The fourth-order valence-corrected chi connectivity index (χ4v) is 7.94. The van der Waals surface area contributed by atoms with Crippen LogP contribution in [0, 0.1) is 0 Å². The Labute approximate surface area is 293 Å². The molecule has 2 aromatic heterocycles. The van der Waals surface area contributed by atoms with Gasteiger partial charge in [0.25, 0.3) is 0 Å². The van der Waals surface area contributed by atoms with Crippen molar-refractivity contribution in [1.29, 1.82) is 0 Å². The number of hydrogen-bond donors (Lipinski definition) is 0. The molecule has 51 heavy (non-hydrogen) atoms. The first-order valence-corrected chi connectivity index (χ1v) is 17.3. The van der Waals surface area contributed by atoms with E-state index in [9.17, 15) is 0 Å². The van der Waals surface area contributed by atoms with Gasteiger partial charge in [-0.05, 0) is 96.7 Å². The maximum absolute atomic E-state index is 6.13. The maximum Gasteiger partial charge on any atom is 0.135 e. The van der Waals surface area contributed by atoms with Gasteiger partial charge in [0.1, 0.15) is 11.2 Å². The molecule has 0 saturated carbocycles. The number of rotatable bonds is 3. The summed E-state index contributed by atoms with van der Waals surface area (Å²) in [6.45, 7) is 0. The summed E-state index contributed by atoms with van der Waals surface area (Å²) in [6.07, 6.45) is 0. The molecule has 3 heteroatoms. The van der Waals surface area contributed by atoms with Crippen LogP contribution in [-0.4, -0.2) is 9.97 Å². The molecule has 0 bridgehead atoms. The first kappa shape index (κ1) is 28.0. The first-order valence-electron chi connectivity index (χ1n) is 17.3. The van der Waals surface area contributed by atoms with Crippen LogP contribution in [0.4, 0.5) is 0 Å². The monoisotopic (exact) mass is 648 g/mol.